The van der Waals surface area contributed by atoms with Crippen molar-refractivity contribution in [3.8, 4) is 0 Å². The fraction of sp³-hybridized carbons (Fsp3) is 0.333. The molecule has 0 aliphatic carbocycles. The fourth-order valence-electron chi connectivity index (χ4n) is 1.36. The second-order valence-corrected chi connectivity index (χ2v) is 4.31. The van der Waals surface area contributed by atoms with Gasteiger partial charge in [-0.05, 0) is 25.6 Å². The van der Waals surface area contributed by atoms with E-state index in [1.165, 1.54) is 11.8 Å². The Bertz CT molecular complexity index is 530. The summed E-state index contributed by atoms with van der Waals surface area (Å²) >= 11 is 1.32. The Morgan fingerprint density at radius 1 is 1.44 bits per heavy atom. The van der Waals surface area contributed by atoms with E-state index in [1.54, 1.807) is 18.7 Å². The molecule has 2 aromatic heterocycles. The molecule has 0 unspecified atom stereocenters. The van der Waals surface area contributed by atoms with Crippen molar-refractivity contribution < 1.29 is 4.79 Å². The molecule has 0 atom stereocenters. The molecule has 0 amide bonds. The second-order valence-electron chi connectivity index (χ2n) is 3.35. The summed E-state index contributed by atoms with van der Waals surface area (Å²) in [5.74, 6) is 0.744. The first-order valence-corrected chi connectivity index (χ1v) is 5.49. The highest BCUT2D eigenvalue weighted by atomic mass is 32.2. The van der Waals surface area contributed by atoms with Gasteiger partial charge in [-0.25, -0.2) is 4.98 Å². The Kier molecular flexibility index (Phi) is 2.78. The van der Waals surface area contributed by atoms with Gasteiger partial charge in [0, 0.05) is 7.05 Å². The van der Waals surface area contributed by atoms with Gasteiger partial charge in [0.2, 0.25) is 5.16 Å². The minimum atomic E-state index is 0.587. The van der Waals surface area contributed by atoms with Crippen molar-refractivity contribution in [1.82, 2.24) is 25.0 Å². The van der Waals surface area contributed by atoms with Gasteiger partial charge in [-0.15, -0.1) is 5.10 Å². The Labute approximate surface area is 96.5 Å². The van der Waals surface area contributed by atoms with Crippen LogP contribution >= 0.6 is 11.8 Å². The Hall–Kier alpha value is -1.63. The molecule has 1 N–H and O–H groups in total. The molecule has 2 heterocycles. The predicted molar refractivity (Wildman–Crippen MR) is 58.6 cm³/mol. The van der Waals surface area contributed by atoms with Crippen molar-refractivity contribution in [1.29, 1.82) is 0 Å². The van der Waals surface area contributed by atoms with Gasteiger partial charge in [0.25, 0.3) is 0 Å². The van der Waals surface area contributed by atoms with Crippen molar-refractivity contribution in [2.75, 3.05) is 0 Å². The van der Waals surface area contributed by atoms with Crippen LogP contribution < -0.4 is 0 Å². The molecule has 7 heteroatoms. The summed E-state index contributed by atoms with van der Waals surface area (Å²) < 4.78 is 1.66. The number of hydrogen-bond acceptors (Lipinski definition) is 5. The number of rotatable bonds is 3. The maximum absolute atomic E-state index is 10.9. The average molecular weight is 237 g/mol. The van der Waals surface area contributed by atoms with Crippen LogP contribution in [0.25, 0.3) is 0 Å². The molecule has 2 rings (SSSR count). The van der Waals surface area contributed by atoms with Crippen LogP contribution in [-0.2, 0) is 7.05 Å². The molecule has 0 aliphatic heterocycles. The number of nitrogens with zero attached hydrogens (tertiary/aromatic N) is 4. The van der Waals surface area contributed by atoms with E-state index in [1.807, 2.05) is 6.92 Å². The third kappa shape index (κ3) is 1.85. The van der Waals surface area contributed by atoms with Crippen LogP contribution in [0, 0.1) is 13.8 Å². The third-order valence-electron chi connectivity index (χ3n) is 2.10. The van der Waals surface area contributed by atoms with Gasteiger partial charge < -0.3 is 0 Å². The van der Waals surface area contributed by atoms with Crippen molar-refractivity contribution >= 4 is 18.0 Å². The van der Waals surface area contributed by atoms with Crippen molar-refractivity contribution in [2.45, 2.75) is 24.0 Å². The van der Waals surface area contributed by atoms with E-state index in [2.05, 4.69) is 20.3 Å². The van der Waals surface area contributed by atoms with E-state index in [9.17, 15) is 4.79 Å². The Morgan fingerprint density at radius 2 is 2.19 bits per heavy atom. The molecular weight excluding hydrogens is 226 g/mol. The number of carbonyl (C=O) groups excluding carboxylic acids is 1. The molecule has 0 fully saturated rings. The van der Waals surface area contributed by atoms with Gasteiger partial charge in [0.15, 0.2) is 6.29 Å². The summed E-state index contributed by atoms with van der Waals surface area (Å²) in [6.45, 7) is 3.63. The average Bonchev–Trinajstić information content (AvgIpc) is 2.73. The first kappa shape index (κ1) is 10.9. The number of carbonyl (C=O) groups is 1. The SMILES string of the molecule is Cc1nc(Sc2c(C=O)c(C)nn2C)n[nH]1. The summed E-state index contributed by atoms with van der Waals surface area (Å²) in [4.78, 5) is 15.1. The monoisotopic (exact) mass is 237 g/mol. The largest absolute Gasteiger partial charge is 0.298 e. The summed E-state index contributed by atoms with van der Waals surface area (Å²) in [6, 6.07) is 0. The lowest BCUT2D eigenvalue weighted by Crippen LogP contribution is -1.93. The van der Waals surface area contributed by atoms with Crippen molar-refractivity contribution in [2.24, 2.45) is 7.05 Å². The van der Waals surface area contributed by atoms with Crippen LogP contribution in [0.5, 0.6) is 0 Å². The molecule has 84 valence electrons. The lowest BCUT2D eigenvalue weighted by atomic mass is 10.3. The summed E-state index contributed by atoms with van der Waals surface area (Å²) in [7, 11) is 1.79. The number of aldehydes is 1. The molecule has 0 aromatic carbocycles. The minimum absolute atomic E-state index is 0.587. The van der Waals surface area contributed by atoms with E-state index in [4.69, 9.17) is 0 Å². The summed E-state index contributed by atoms with van der Waals surface area (Å²) in [5, 5.41) is 12.3. The number of nitrogens with one attached hydrogen (secondary N) is 1. The molecular formula is C9H11N5OS. The lowest BCUT2D eigenvalue weighted by molar-refractivity contribution is 0.112. The molecule has 0 saturated heterocycles. The van der Waals surface area contributed by atoms with Crippen LogP contribution in [-0.4, -0.2) is 31.2 Å². The highest BCUT2D eigenvalue weighted by Gasteiger charge is 2.15. The maximum Gasteiger partial charge on any atom is 0.214 e. The topological polar surface area (TPSA) is 76.5 Å². The molecule has 0 spiro atoms. The fourth-order valence-corrected chi connectivity index (χ4v) is 2.29. The third-order valence-corrected chi connectivity index (χ3v) is 3.14. The number of H-pyrrole nitrogens is 1. The van der Waals surface area contributed by atoms with E-state index < -0.39 is 0 Å². The highest BCUT2D eigenvalue weighted by molar-refractivity contribution is 7.99. The first-order valence-electron chi connectivity index (χ1n) is 4.67. The predicted octanol–water partition coefficient (Wildman–Crippen LogP) is 1.12. The molecule has 0 bridgehead atoms. The normalized spacial score (nSPS) is 10.7. The molecule has 0 radical (unpaired) electrons. The van der Waals surface area contributed by atoms with E-state index >= 15 is 0 Å². The zero-order valence-electron chi connectivity index (χ0n) is 9.18. The van der Waals surface area contributed by atoms with Crippen LogP contribution in [0.2, 0.25) is 0 Å². The van der Waals surface area contributed by atoms with Crippen molar-refractivity contribution in [3.63, 3.8) is 0 Å². The quantitative estimate of drug-likeness (QED) is 0.809. The van der Waals surface area contributed by atoms with Gasteiger partial charge in [-0.3, -0.25) is 14.6 Å². The van der Waals surface area contributed by atoms with E-state index in [0.717, 1.165) is 17.1 Å². The second kappa shape index (κ2) is 4.09. The van der Waals surface area contributed by atoms with Gasteiger partial charge in [-0.1, -0.05) is 0 Å². The lowest BCUT2D eigenvalue weighted by Gasteiger charge is -1.97. The molecule has 16 heavy (non-hydrogen) atoms. The van der Waals surface area contributed by atoms with Crippen LogP contribution in [0.3, 0.4) is 0 Å². The van der Waals surface area contributed by atoms with Crippen LogP contribution in [0.1, 0.15) is 21.9 Å². The van der Waals surface area contributed by atoms with E-state index in [-0.39, 0.29) is 0 Å². The smallest absolute Gasteiger partial charge is 0.214 e. The summed E-state index contributed by atoms with van der Waals surface area (Å²) in [6.07, 6.45) is 0.810. The first-order chi connectivity index (χ1) is 7.61. The van der Waals surface area contributed by atoms with Crippen LogP contribution in [0.15, 0.2) is 10.2 Å². The number of aromatic amines is 1. The Balaban J connectivity index is 2.37. The van der Waals surface area contributed by atoms with Crippen LogP contribution in [0.4, 0.5) is 0 Å². The number of aromatic nitrogens is 5. The van der Waals surface area contributed by atoms with Gasteiger partial charge in [0.05, 0.1) is 11.3 Å². The van der Waals surface area contributed by atoms with Gasteiger partial charge in [0.1, 0.15) is 10.9 Å². The zero-order chi connectivity index (χ0) is 11.7. The molecule has 0 saturated carbocycles. The highest BCUT2D eigenvalue weighted by Crippen LogP contribution is 2.28. The number of aryl methyl sites for hydroxylation is 3. The molecule has 0 aliphatic rings. The van der Waals surface area contributed by atoms with E-state index in [0.29, 0.717) is 16.4 Å². The number of hydrogen-bond donors (Lipinski definition) is 1. The van der Waals surface area contributed by atoms with Gasteiger partial charge >= 0.3 is 0 Å². The standard InChI is InChI=1S/C9H11N5OS/c1-5-7(4-15)8(14(3)13-5)16-9-10-6(2)11-12-9/h4H,1-3H3,(H,10,11,12). The molecule has 6 nitrogen and oxygen atoms in total. The Morgan fingerprint density at radius 3 is 2.75 bits per heavy atom. The summed E-state index contributed by atoms with van der Waals surface area (Å²) in [5.41, 5.74) is 1.31. The van der Waals surface area contributed by atoms with Gasteiger partial charge in [-0.2, -0.15) is 5.10 Å². The maximum atomic E-state index is 10.9. The minimum Gasteiger partial charge on any atom is -0.298 e. The molecule has 2 aromatic rings. The zero-order valence-corrected chi connectivity index (χ0v) is 10.00. The van der Waals surface area contributed by atoms with Crippen molar-refractivity contribution in [3.05, 3.63) is 17.1 Å².